The zero-order valence-electron chi connectivity index (χ0n) is 10.2. The van der Waals surface area contributed by atoms with Crippen molar-refractivity contribution < 1.29 is 0 Å². The molecule has 0 unspecified atom stereocenters. The fourth-order valence-electron chi connectivity index (χ4n) is 2.15. The van der Waals surface area contributed by atoms with Gasteiger partial charge in [0, 0.05) is 11.6 Å². The molecule has 1 aliphatic rings. The summed E-state index contributed by atoms with van der Waals surface area (Å²) < 4.78 is 0. The van der Waals surface area contributed by atoms with Gasteiger partial charge in [-0.2, -0.15) is 0 Å². The molecule has 86 valence electrons. The van der Waals surface area contributed by atoms with E-state index in [2.05, 4.69) is 48.3 Å². The van der Waals surface area contributed by atoms with E-state index in [0.29, 0.717) is 0 Å². The van der Waals surface area contributed by atoms with Crippen LogP contribution in [-0.4, -0.2) is 4.98 Å². The van der Waals surface area contributed by atoms with Crippen molar-refractivity contribution in [2.45, 2.75) is 32.1 Å². The molecule has 17 heavy (non-hydrogen) atoms. The second kappa shape index (κ2) is 4.33. The zero-order chi connectivity index (χ0) is 11.7. The van der Waals surface area contributed by atoms with Gasteiger partial charge in [-0.25, -0.2) is 0 Å². The van der Waals surface area contributed by atoms with Crippen molar-refractivity contribution in [3.63, 3.8) is 0 Å². The third-order valence-electron chi connectivity index (χ3n) is 3.32. The molecule has 0 saturated heterocycles. The fraction of sp³-hybridized carbons (Fsp3) is 0.312. The summed E-state index contributed by atoms with van der Waals surface area (Å²) in [7, 11) is 0. The van der Waals surface area contributed by atoms with Gasteiger partial charge < -0.3 is 0 Å². The van der Waals surface area contributed by atoms with Gasteiger partial charge >= 0.3 is 0 Å². The fourth-order valence-corrected chi connectivity index (χ4v) is 2.15. The van der Waals surface area contributed by atoms with Crippen molar-refractivity contribution in [2.24, 2.45) is 0 Å². The molecule has 1 heterocycles. The first-order chi connectivity index (χ1) is 8.36. The highest BCUT2D eigenvalue weighted by Crippen LogP contribution is 2.40. The Morgan fingerprint density at radius 1 is 1.29 bits per heavy atom. The summed E-state index contributed by atoms with van der Waals surface area (Å²) in [5, 5.41) is 1.27. The summed E-state index contributed by atoms with van der Waals surface area (Å²) in [6, 6.07) is 8.82. The van der Waals surface area contributed by atoms with E-state index >= 15 is 0 Å². The lowest BCUT2D eigenvalue weighted by molar-refractivity contribution is 1.11. The van der Waals surface area contributed by atoms with E-state index in [4.69, 9.17) is 0 Å². The lowest BCUT2D eigenvalue weighted by Crippen LogP contribution is -1.85. The van der Waals surface area contributed by atoms with Crippen LogP contribution in [0.1, 0.15) is 43.2 Å². The largest absolute Gasteiger partial charge is 0.256 e. The van der Waals surface area contributed by atoms with Crippen LogP contribution in [0.5, 0.6) is 0 Å². The predicted octanol–water partition coefficient (Wildman–Crippen LogP) is 4.54. The van der Waals surface area contributed by atoms with Crippen molar-refractivity contribution in [1.82, 2.24) is 4.98 Å². The van der Waals surface area contributed by atoms with E-state index in [9.17, 15) is 0 Å². The molecule has 1 fully saturated rings. The molecule has 0 amide bonds. The number of benzene rings is 1. The Morgan fingerprint density at radius 2 is 2.18 bits per heavy atom. The number of rotatable bonds is 3. The summed E-state index contributed by atoms with van der Waals surface area (Å²) >= 11 is 0. The molecule has 1 heteroatoms. The normalized spacial score (nSPS) is 15.8. The average Bonchev–Trinajstić information content (AvgIpc) is 3.20. The molecule has 1 aromatic heterocycles. The van der Waals surface area contributed by atoms with Crippen LogP contribution >= 0.6 is 0 Å². The van der Waals surface area contributed by atoms with Crippen molar-refractivity contribution in [3.8, 4) is 0 Å². The first-order valence-corrected chi connectivity index (χ1v) is 6.43. The molecule has 3 rings (SSSR count). The lowest BCUT2D eigenvalue weighted by Gasteiger charge is -2.02. The van der Waals surface area contributed by atoms with E-state index in [1.54, 1.807) is 0 Å². The van der Waals surface area contributed by atoms with Crippen LogP contribution < -0.4 is 0 Å². The lowest BCUT2D eigenvalue weighted by atomic mass is 10.1. The van der Waals surface area contributed by atoms with E-state index in [1.807, 2.05) is 6.20 Å². The minimum absolute atomic E-state index is 0.784. The number of aromatic nitrogens is 1. The number of fused-ring (bicyclic) bond motifs is 1. The Balaban J connectivity index is 1.99. The molecule has 0 aliphatic heterocycles. The van der Waals surface area contributed by atoms with Crippen LogP contribution in [0.25, 0.3) is 17.0 Å². The first kappa shape index (κ1) is 10.5. The van der Waals surface area contributed by atoms with Gasteiger partial charge in [0.15, 0.2) is 0 Å². The molecule has 0 N–H and O–H groups in total. The molecular formula is C16H17N. The number of pyridine rings is 1. The van der Waals surface area contributed by atoms with Gasteiger partial charge in [-0.05, 0) is 48.4 Å². The van der Waals surface area contributed by atoms with Crippen LogP contribution in [0, 0.1) is 0 Å². The molecule has 0 radical (unpaired) electrons. The number of hydrogen-bond donors (Lipinski definition) is 0. The van der Waals surface area contributed by atoms with Gasteiger partial charge in [-0.3, -0.25) is 4.98 Å². The smallest absolute Gasteiger partial charge is 0.0708 e. The maximum Gasteiger partial charge on any atom is 0.0708 e. The molecule has 0 spiro atoms. The Hall–Kier alpha value is -1.63. The Labute approximate surface area is 102 Å². The Kier molecular flexibility index (Phi) is 2.68. The van der Waals surface area contributed by atoms with Crippen LogP contribution in [0.15, 0.2) is 36.5 Å². The Bertz CT molecular complexity index is 565. The standard InChI is InChI=1S/C16H17N/c1-2-3-4-12-5-6-14-10-15(13-7-8-13)11-17-16(14)9-12/h3-6,9-11,13H,2,7-8H2,1H3/b4-3+. The monoisotopic (exact) mass is 223 g/mol. The van der Waals surface area contributed by atoms with E-state index < -0.39 is 0 Å². The molecule has 1 saturated carbocycles. The van der Waals surface area contributed by atoms with Crippen LogP contribution in [-0.2, 0) is 0 Å². The van der Waals surface area contributed by atoms with E-state index in [0.717, 1.165) is 17.9 Å². The van der Waals surface area contributed by atoms with Crippen LogP contribution in [0.3, 0.4) is 0 Å². The summed E-state index contributed by atoms with van der Waals surface area (Å²) in [5.74, 6) is 0.784. The van der Waals surface area contributed by atoms with Gasteiger partial charge in [0.2, 0.25) is 0 Å². The first-order valence-electron chi connectivity index (χ1n) is 6.43. The second-order valence-corrected chi connectivity index (χ2v) is 4.81. The quantitative estimate of drug-likeness (QED) is 0.744. The summed E-state index contributed by atoms with van der Waals surface area (Å²) in [6.45, 7) is 2.15. The highest BCUT2D eigenvalue weighted by molar-refractivity contribution is 5.81. The van der Waals surface area contributed by atoms with Crippen molar-refractivity contribution in [1.29, 1.82) is 0 Å². The van der Waals surface area contributed by atoms with Gasteiger partial charge in [-0.15, -0.1) is 0 Å². The molecule has 1 aromatic carbocycles. The molecule has 1 nitrogen and oxygen atoms in total. The average molecular weight is 223 g/mol. The number of hydrogen-bond acceptors (Lipinski definition) is 1. The molecular weight excluding hydrogens is 206 g/mol. The molecule has 2 aromatic rings. The zero-order valence-corrected chi connectivity index (χ0v) is 10.2. The second-order valence-electron chi connectivity index (χ2n) is 4.81. The SMILES string of the molecule is CC/C=C/c1ccc2cc(C3CC3)cnc2c1. The van der Waals surface area contributed by atoms with Crippen LogP contribution in [0.4, 0.5) is 0 Å². The van der Waals surface area contributed by atoms with Crippen LogP contribution in [0.2, 0.25) is 0 Å². The summed E-state index contributed by atoms with van der Waals surface area (Å²) in [4.78, 5) is 4.58. The van der Waals surface area contributed by atoms with Gasteiger partial charge in [0.1, 0.15) is 0 Å². The predicted molar refractivity (Wildman–Crippen MR) is 73.0 cm³/mol. The number of nitrogens with zero attached hydrogens (tertiary/aromatic N) is 1. The maximum atomic E-state index is 4.58. The van der Waals surface area contributed by atoms with Gasteiger partial charge in [-0.1, -0.05) is 31.2 Å². The topological polar surface area (TPSA) is 12.9 Å². The maximum absolute atomic E-state index is 4.58. The van der Waals surface area contributed by atoms with Crippen molar-refractivity contribution >= 4 is 17.0 Å². The molecule has 0 bridgehead atoms. The third-order valence-corrected chi connectivity index (χ3v) is 3.32. The van der Waals surface area contributed by atoms with Gasteiger partial charge in [0.05, 0.1) is 5.52 Å². The molecule has 1 aliphatic carbocycles. The van der Waals surface area contributed by atoms with Gasteiger partial charge in [0.25, 0.3) is 0 Å². The summed E-state index contributed by atoms with van der Waals surface area (Å²) in [6.07, 6.45) is 10.1. The minimum Gasteiger partial charge on any atom is -0.256 e. The van der Waals surface area contributed by atoms with E-state index in [1.165, 1.54) is 29.4 Å². The molecule has 0 atom stereocenters. The van der Waals surface area contributed by atoms with Crippen molar-refractivity contribution in [3.05, 3.63) is 47.7 Å². The third kappa shape index (κ3) is 2.23. The van der Waals surface area contributed by atoms with E-state index in [-0.39, 0.29) is 0 Å². The summed E-state index contributed by atoms with van der Waals surface area (Å²) in [5.41, 5.74) is 3.76. The Morgan fingerprint density at radius 3 is 2.94 bits per heavy atom. The van der Waals surface area contributed by atoms with Crippen molar-refractivity contribution in [2.75, 3.05) is 0 Å². The highest BCUT2D eigenvalue weighted by Gasteiger charge is 2.23. The highest BCUT2D eigenvalue weighted by atomic mass is 14.7. The number of allylic oxidation sites excluding steroid dienone is 1. The minimum atomic E-state index is 0.784.